The Balaban J connectivity index is 1.74. The molecule has 1 aromatic heterocycles. The van der Waals surface area contributed by atoms with Gasteiger partial charge < -0.3 is 0 Å². The highest BCUT2D eigenvalue weighted by molar-refractivity contribution is 5.64. The summed E-state index contributed by atoms with van der Waals surface area (Å²) in [7, 11) is 0. The van der Waals surface area contributed by atoms with E-state index >= 15 is 0 Å². The quantitative estimate of drug-likeness (QED) is 0.537. The van der Waals surface area contributed by atoms with Crippen LogP contribution in [0.5, 0.6) is 0 Å². The summed E-state index contributed by atoms with van der Waals surface area (Å²) in [5.41, 5.74) is 3.84. The molecule has 4 heteroatoms. The van der Waals surface area contributed by atoms with E-state index in [9.17, 15) is 13.2 Å². The molecule has 1 heterocycles. The Morgan fingerprint density at radius 1 is 0.769 bits per heavy atom. The van der Waals surface area contributed by atoms with Gasteiger partial charge in [0.1, 0.15) is 5.69 Å². The van der Waals surface area contributed by atoms with Crippen molar-refractivity contribution >= 4 is 0 Å². The van der Waals surface area contributed by atoms with Gasteiger partial charge in [0, 0.05) is 17.3 Å². The van der Waals surface area contributed by atoms with Crippen molar-refractivity contribution in [1.82, 2.24) is 4.98 Å². The number of nitrogens with zero attached hydrogens (tertiary/aromatic N) is 1. The summed E-state index contributed by atoms with van der Waals surface area (Å²) < 4.78 is 37.5. The Bertz CT molecular complexity index is 926. The molecule has 0 aliphatic rings. The van der Waals surface area contributed by atoms with Gasteiger partial charge >= 0.3 is 6.18 Å². The van der Waals surface area contributed by atoms with Gasteiger partial charge in [-0.15, -0.1) is 0 Å². The number of hydrogen-bond acceptors (Lipinski definition) is 1. The van der Waals surface area contributed by atoms with E-state index in [1.54, 1.807) is 0 Å². The van der Waals surface area contributed by atoms with E-state index in [4.69, 9.17) is 0 Å². The maximum absolute atomic E-state index is 12.5. The van der Waals surface area contributed by atoms with Crippen molar-refractivity contribution in [2.45, 2.75) is 19.5 Å². The second-order valence-corrected chi connectivity index (χ2v) is 5.81. The molecule has 2 aromatic carbocycles. The fourth-order valence-electron chi connectivity index (χ4n) is 2.46. The summed E-state index contributed by atoms with van der Waals surface area (Å²) in [4.78, 5) is 3.40. The van der Waals surface area contributed by atoms with E-state index in [1.165, 1.54) is 11.6 Å². The molecule has 3 rings (SSSR count). The zero-order valence-corrected chi connectivity index (χ0v) is 14.1. The Morgan fingerprint density at radius 2 is 1.31 bits per heavy atom. The molecule has 0 N–H and O–H groups in total. The molecule has 0 radical (unpaired) electrons. The average molecular weight is 351 g/mol. The number of alkyl halides is 3. The van der Waals surface area contributed by atoms with Crippen LogP contribution in [0.2, 0.25) is 0 Å². The number of pyridine rings is 1. The molecule has 3 aromatic rings. The first kappa shape index (κ1) is 17.8. The summed E-state index contributed by atoms with van der Waals surface area (Å²) in [6.07, 6.45) is -2.29. The Kier molecular flexibility index (Phi) is 5.09. The summed E-state index contributed by atoms with van der Waals surface area (Å²) in [6.45, 7) is 2.12. The number of rotatable bonds is 2. The van der Waals surface area contributed by atoms with Gasteiger partial charge in [-0.3, -0.25) is 4.98 Å². The zero-order chi connectivity index (χ0) is 18.6. The molecule has 0 spiro atoms. The number of halogens is 3. The molecule has 0 fully saturated rings. The van der Waals surface area contributed by atoms with Crippen LogP contribution in [0.25, 0.3) is 11.1 Å². The lowest BCUT2D eigenvalue weighted by molar-refractivity contribution is -0.141. The summed E-state index contributed by atoms with van der Waals surface area (Å²) in [6, 6.07) is 18.4. The molecule has 0 saturated heterocycles. The standard InChI is InChI=1S/C22H16F3N/c1-2-16-5-10-19(11-6-16)20-12-7-17(8-13-20)3-4-18-9-14-21(26-15-18)22(23,24)25/h5-15H,2H2,1H3. The highest BCUT2D eigenvalue weighted by Crippen LogP contribution is 2.27. The lowest BCUT2D eigenvalue weighted by Crippen LogP contribution is -2.07. The first-order valence-corrected chi connectivity index (χ1v) is 8.20. The number of hydrogen-bond donors (Lipinski definition) is 0. The van der Waals surface area contributed by atoms with E-state index in [-0.39, 0.29) is 0 Å². The molecular formula is C22H16F3N. The topological polar surface area (TPSA) is 12.9 Å². The van der Waals surface area contributed by atoms with Crippen LogP contribution in [0.4, 0.5) is 13.2 Å². The molecule has 0 bridgehead atoms. The minimum Gasteiger partial charge on any atom is -0.250 e. The third-order valence-electron chi connectivity index (χ3n) is 3.99. The van der Waals surface area contributed by atoms with Crippen LogP contribution in [0.1, 0.15) is 29.3 Å². The first-order chi connectivity index (χ1) is 12.5. The van der Waals surface area contributed by atoms with Gasteiger partial charge in [-0.2, -0.15) is 13.2 Å². The van der Waals surface area contributed by atoms with Crippen LogP contribution in [0.15, 0.2) is 66.9 Å². The largest absolute Gasteiger partial charge is 0.433 e. The van der Waals surface area contributed by atoms with Crippen molar-refractivity contribution in [3.8, 4) is 23.0 Å². The SMILES string of the molecule is CCc1ccc(-c2ccc(C#Cc3ccc(C(F)(F)F)nc3)cc2)cc1. The molecule has 0 amide bonds. The monoisotopic (exact) mass is 351 g/mol. The second kappa shape index (κ2) is 7.45. The highest BCUT2D eigenvalue weighted by Gasteiger charge is 2.31. The Labute approximate surface area is 150 Å². The van der Waals surface area contributed by atoms with Crippen molar-refractivity contribution < 1.29 is 13.2 Å². The lowest BCUT2D eigenvalue weighted by atomic mass is 10.0. The van der Waals surface area contributed by atoms with Crippen molar-refractivity contribution in [3.63, 3.8) is 0 Å². The molecular weight excluding hydrogens is 335 g/mol. The van der Waals surface area contributed by atoms with Crippen molar-refractivity contribution in [3.05, 3.63) is 89.2 Å². The van der Waals surface area contributed by atoms with Crippen LogP contribution in [-0.2, 0) is 12.6 Å². The maximum Gasteiger partial charge on any atom is 0.433 e. The minimum atomic E-state index is -4.43. The molecule has 130 valence electrons. The van der Waals surface area contributed by atoms with Crippen LogP contribution >= 0.6 is 0 Å². The molecule has 0 unspecified atom stereocenters. The van der Waals surface area contributed by atoms with Crippen molar-refractivity contribution in [2.24, 2.45) is 0 Å². The van der Waals surface area contributed by atoms with Crippen molar-refractivity contribution in [2.75, 3.05) is 0 Å². The number of benzene rings is 2. The van der Waals surface area contributed by atoms with Crippen LogP contribution < -0.4 is 0 Å². The molecule has 0 aliphatic heterocycles. The van der Waals surface area contributed by atoms with E-state index in [0.29, 0.717) is 5.56 Å². The average Bonchev–Trinajstić information content (AvgIpc) is 2.66. The van der Waals surface area contributed by atoms with Gasteiger partial charge in [-0.1, -0.05) is 55.2 Å². The van der Waals surface area contributed by atoms with Crippen LogP contribution in [0.3, 0.4) is 0 Å². The van der Waals surface area contributed by atoms with Gasteiger partial charge in [0.05, 0.1) is 0 Å². The molecule has 1 nitrogen and oxygen atoms in total. The van der Waals surface area contributed by atoms with E-state index in [0.717, 1.165) is 35.4 Å². The van der Waals surface area contributed by atoms with Gasteiger partial charge in [0.2, 0.25) is 0 Å². The molecule has 0 aliphatic carbocycles. The predicted octanol–water partition coefficient (Wildman–Crippen LogP) is 5.73. The smallest absolute Gasteiger partial charge is 0.250 e. The van der Waals surface area contributed by atoms with Gasteiger partial charge in [0.25, 0.3) is 0 Å². The maximum atomic E-state index is 12.5. The lowest BCUT2D eigenvalue weighted by Gasteiger charge is -2.04. The second-order valence-electron chi connectivity index (χ2n) is 5.81. The summed E-state index contributed by atoms with van der Waals surface area (Å²) in [5.74, 6) is 5.78. The Hall–Kier alpha value is -3.06. The van der Waals surface area contributed by atoms with Crippen LogP contribution in [-0.4, -0.2) is 4.98 Å². The zero-order valence-electron chi connectivity index (χ0n) is 14.1. The fourth-order valence-corrected chi connectivity index (χ4v) is 2.46. The van der Waals surface area contributed by atoms with E-state index in [2.05, 4.69) is 48.0 Å². The van der Waals surface area contributed by atoms with Gasteiger partial charge in [0.15, 0.2) is 0 Å². The normalized spacial score (nSPS) is 10.9. The summed E-state index contributed by atoms with van der Waals surface area (Å²) >= 11 is 0. The summed E-state index contributed by atoms with van der Waals surface area (Å²) in [5, 5.41) is 0. The first-order valence-electron chi connectivity index (χ1n) is 8.20. The van der Waals surface area contributed by atoms with Gasteiger partial charge in [-0.05, 0) is 47.4 Å². The fraction of sp³-hybridized carbons (Fsp3) is 0.136. The van der Waals surface area contributed by atoms with Crippen molar-refractivity contribution in [1.29, 1.82) is 0 Å². The van der Waals surface area contributed by atoms with E-state index < -0.39 is 11.9 Å². The van der Waals surface area contributed by atoms with Gasteiger partial charge in [-0.25, -0.2) is 0 Å². The molecule has 26 heavy (non-hydrogen) atoms. The number of aryl methyl sites for hydroxylation is 1. The highest BCUT2D eigenvalue weighted by atomic mass is 19.4. The van der Waals surface area contributed by atoms with E-state index in [1.807, 2.05) is 24.3 Å². The third kappa shape index (κ3) is 4.31. The molecule has 0 saturated carbocycles. The van der Waals surface area contributed by atoms with Crippen LogP contribution in [0, 0.1) is 11.8 Å². The third-order valence-corrected chi connectivity index (χ3v) is 3.99. The Morgan fingerprint density at radius 3 is 1.81 bits per heavy atom. The number of aromatic nitrogens is 1. The molecule has 0 atom stereocenters. The predicted molar refractivity (Wildman–Crippen MR) is 96.5 cm³/mol. The minimum absolute atomic E-state index is 0.442.